The number of rotatable bonds is 7. The molecule has 2 heteroatoms. The summed E-state index contributed by atoms with van der Waals surface area (Å²) < 4.78 is 0. The lowest BCUT2D eigenvalue weighted by Crippen LogP contribution is -2.46. The maximum Gasteiger partial charge on any atom is 0.0220 e. The maximum absolute atomic E-state index is 3.58. The van der Waals surface area contributed by atoms with E-state index in [0.29, 0.717) is 6.04 Å². The molecule has 100 valence electrons. The molecule has 0 saturated heterocycles. The Bertz CT molecular complexity index is 217. The van der Waals surface area contributed by atoms with Crippen LogP contribution in [0.4, 0.5) is 0 Å². The molecule has 2 aliphatic carbocycles. The largest absolute Gasteiger partial charge is 0.315 e. The molecule has 0 aliphatic heterocycles. The highest BCUT2D eigenvalue weighted by atomic mass is 15.2. The van der Waals surface area contributed by atoms with Crippen LogP contribution in [0.25, 0.3) is 0 Å². The highest BCUT2D eigenvalue weighted by molar-refractivity contribution is 4.85. The van der Waals surface area contributed by atoms with Gasteiger partial charge in [-0.05, 0) is 58.4 Å². The summed E-state index contributed by atoms with van der Waals surface area (Å²) in [4.78, 5) is 2.71. The molecule has 0 amide bonds. The van der Waals surface area contributed by atoms with Crippen LogP contribution in [0.1, 0.15) is 52.4 Å². The van der Waals surface area contributed by atoms with Gasteiger partial charge >= 0.3 is 0 Å². The predicted octanol–water partition coefficient (Wildman–Crippen LogP) is 2.89. The van der Waals surface area contributed by atoms with Crippen LogP contribution in [-0.4, -0.2) is 37.1 Å². The summed E-state index contributed by atoms with van der Waals surface area (Å²) >= 11 is 0. The predicted molar refractivity (Wildman–Crippen MR) is 74.2 cm³/mol. The summed E-state index contributed by atoms with van der Waals surface area (Å²) in [6.07, 6.45) is 8.73. The molecule has 1 atom stereocenters. The Morgan fingerprint density at radius 3 is 2.24 bits per heavy atom. The third-order valence-corrected chi connectivity index (χ3v) is 4.69. The molecule has 0 heterocycles. The third kappa shape index (κ3) is 3.96. The van der Waals surface area contributed by atoms with Gasteiger partial charge in [0.2, 0.25) is 0 Å². The minimum Gasteiger partial charge on any atom is -0.315 e. The Hall–Kier alpha value is -0.0800. The molecule has 0 radical (unpaired) electrons. The Kier molecular flexibility index (Phi) is 4.87. The number of likely N-dealkylation sites (N-methyl/N-ethyl adjacent to an activating group) is 1. The third-order valence-electron chi connectivity index (χ3n) is 4.69. The normalized spacial score (nSPS) is 23.8. The van der Waals surface area contributed by atoms with E-state index in [1.54, 1.807) is 0 Å². The average molecular weight is 238 g/mol. The quantitative estimate of drug-likeness (QED) is 0.733. The molecular formula is C15H30N2. The van der Waals surface area contributed by atoms with Crippen molar-refractivity contribution in [2.75, 3.05) is 20.1 Å². The molecule has 0 aromatic heterocycles. The zero-order valence-electron chi connectivity index (χ0n) is 11.9. The monoisotopic (exact) mass is 238 g/mol. The van der Waals surface area contributed by atoms with Crippen molar-refractivity contribution >= 4 is 0 Å². The van der Waals surface area contributed by atoms with Gasteiger partial charge in [0.25, 0.3) is 0 Å². The van der Waals surface area contributed by atoms with Gasteiger partial charge in [-0.1, -0.05) is 12.8 Å². The molecule has 1 unspecified atom stereocenters. The van der Waals surface area contributed by atoms with Gasteiger partial charge in [-0.25, -0.2) is 0 Å². The zero-order valence-corrected chi connectivity index (χ0v) is 11.9. The van der Waals surface area contributed by atoms with Gasteiger partial charge in [0, 0.05) is 25.2 Å². The first-order chi connectivity index (χ1) is 8.20. The van der Waals surface area contributed by atoms with Crippen LogP contribution >= 0.6 is 0 Å². The lowest BCUT2D eigenvalue weighted by molar-refractivity contribution is 0.170. The molecule has 2 rings (SSSR count). The number of nitrogens with one attached hydrogen (secondary N) is 1. The van der Waals surface area contributed by atoms with E-state index >= 15 is 0 Å². The highest BCUT2D eigenvalue weighted by Crippen LogP contribution is 2.32. The van der Waals surface area contributed by atoms with E-state index < -0.39 is 0 Å². The number of hydrogen-bond acceptors (Lipinski definition) is 2. The first kappa shape index (κ1) is 13.4. The molecule has 1 N–H and O–H groups in total. The molecule has 2 saturated carbocycles. The molecule has 0 aromatic rings. The lowest BCUT2D eigenvalue weighted by atomic mass is 9.97. The van der Waals surface area contributed by atoms with E-state index in [1.807, 2.05) is 0 Å². The van der Waals surface area contributed by atoms with Gasteiger partial charge in [0.05, 0.1) is 0 Å². The smallest absolute Gasteiger partial charge is 0.0220 e. The van der Waals surface area contributed by atoms with Crippen LogP contribution in [0.5, 0.6) is 0 Å². The molecule has 2 nitrogen and oxygen atoms in total. The maximum atomic E-state index is 3.58. The standard InChI is InChI=1S/C15H30N2/c1-12(2)17(10-13-8-9-13)11-15(16-3)14-6-4-5-7-14/h12-16H,4-11H2,1-3H3. The van der Waals surface area contributed by atoms with Gasteiger partial charge in [0.15, 0.2) is 0 Å². The van der Waals surface area contributed by atoms with Crippen LogP contribution < -0.4 is 5.32 Å². The Morgan fingerprint density at radius 1 is 1.12 bits per heavy atom. The van der Waals surface area contributed by atoms with E-state index in [2.05, 4.69) is 31.1 Å². The van der Waals surface area contributed by atoms with Gasteiger partial charge < -0.3 is 5.32 Å². The minimum atomic E-state index is 0.702. The average Bonchev–Trinajstić information content (AvgIpc) is 2.95. The van der Waals surface area contributed by atoms with Crippen molar-refractivity contribution in [3.8, 4) is 0 Å². The fraction of sp³-hybridized carbons (Fsp3) is 1.00. The molecule has 2 aliphatic rings. The van der Waals surface area contributed by atoms with Crippen LogP contribution in [0, 0.1) is 11.8 Å². The Labute approximate surface area is 107 Å². The summed E-state index contributed by atoms with van der Waals surface area (Å²) in [5.41, 5.74) is 0. The first-order valence-electron chi connectivity index (χ1n) is 7.62. The van der Waals surface area contributed by atoms with E-state index in [9.17, 15) is 0 Å². The highest BCUT2D eigenvalue weighted by Gasteiger charge is 2.29. The van der Waals surface area contributed by atoms with Crippen molar-refractivity contribution in [1.29, 1.82) is 0 Å². The van der Waals surface area contributed by atoms with E-state index in [1.165, 1.54) is 51.6 Å². The first-order valence-corrected chi connectivity index (χ1v) is 7.62. The van der Waals surface area contributed by atoms with Crippen molar-refractivity contribution in [3.63, 3.8) is 0 Å². The zero-order chi connectivity index (χ0) is 12.3. The van der Waals surface area contributed by atoms with Gasteiger partial charge in [-0.2, -0.15) is 0 Å². The summed E-state index contributed by atoms with van der Waals surface area (Å²) in [5.74, 6) is 1.94. The van der Waals surface area contributed by atoms with E-state index in [4.69, 9.17) is 0 Å². The van der Waals surface area contributed by atoms with E-state index in [0.717, 1.165) is 17.9 Å². The van der Waals surface area contributed by atoms with Crippen LogP contribution in [0.3, 0.4) is 0 Å². The van der Waals surface area contributed by atoms with Gasteiger partial charge in [0.1, 0.15) is 0 Å². The summed E-state index contributed by atoms with van der Waals surface area (Å²) in [6, 6.07) is 1.42. The van der Waals surface area contributed by atoms with Crippen molar-refractivity contribution in [3.05, 3.63) is 0 Å². The molecule has 0 bridgehead atoms. The molecule has 0 aromatic carbocycles. The fourth-order valence-electron chi connectivity index (χ4n) is 3.22. The number of nitrogens with zero attached hydrogens (tertiary/aromatic N) is 1. The Morgan fingerprint density at radius 2 is 1.76 bits per heavy atom. The van der Waals surface area contributed by atoms with Crippen molar-refractivity contribution in [2.45, 2.75) is 64.5 Å². The topological polar surface area (TPSA) is 15.3 Å². The molecule has 2 fully saturated rings. The van der Waals surface area contributed by atoms with Crippen molar-refractivity contribution in [1.82, 2.24) is 10.2 Å². The second kappa shape index (κ2) is 6.19. The second-order valence-corrected chi connectivity index (χ2v) is 6.43. The number of hydrogen-bond donors (Lipinski definition) is 1. The van der Waals surface area contributed by atoms with Crippen LogP contribution in [0.2, 0.25) is 0 Å². The van der Waals surface area contributed by atoms with E-state index in [-0.39, 0.29) is 0 Å². The summed E-state index contributed by atoms with van der Waals surface area (Å²) in [5, 5.41) is 3.58. The lowest BCUT2D eigenvalue weighted by Gasteiger charge is -2.33. The fourth-order valence-corrected chi connectivity index (χ4v) is 3.22. The molecule has 0 spiro atoms. The molecule has 17 heavy (non-hydrogen) atoms. The van der Waals surface area contributed by atoms with Crippen molar-refractivity contribution < 1.29 is 0 Å². The SMILES string of the molecule is CNC(CN(CC1CC1)C(C)C)C1CCCC1. The molecular weight excluding hydrogens is 208 g/mol. The summed E-state index contributed by atoms with van der Waals surface area (Å²) in [7, 11) is 2.15. The van der Waals surface area contributed by atoms with Gasteiger partial charge in [-0.3, -0.25) is 4.90 Å². The van der Waals surface area contributed by atoms with Crippen LogP contribution in [-0.2, 0) is 0 Å². The van der Waals surface area contributed by atoms with Gasteiger partial charge in [-0.15, -0.1) is 0 Å². The Balaban J connectivity index is 1.84. The van der Waals surface area contributed by atoms with Crippen LogP contribution in [0.15, 0.2) is 0 Å². The summed E-state index contributed by atoms with van der Waals surface area (Å²) in [6.45, 7) is 7.30. The minimum absolute atomic E-state index is 0.702. The van der Waals surface area contributed by atoms with Crippen molar-refractivity contribution in [2.24, 2.45) is 11.8 Å². The second-order valence-electron chi connectivity index (χ2n) is 6.43.